The molecule has 0 atom stereocenters. The fourth-order valence-electron chi connectivity index (χ4n) is 3.69. The number of nitrogens with one attached hydrogen (secondary N) is 1. The van der Waals surface area contributed by atoms with E-state index in [0.29, 0.717) is 23.6 Å². The summed E-state index contributed by atoms with van der Waals surface area (Å²) in [6.45, 7) is 0.177. The Hall–Kier alpha value is -3.60. The number of hydrogen-bond acceptors (Lipinski definition) is 5. The van der Waals surface area contributed by atoms with Gasteiger partial charge in [0, 0.05) is 25.9 Å². The van der Waals surface area contributed by atoms with Gasteiger partial charge < -0.3 is 10.1 Å². The Labute approximate surface area is 194 Å². The minimum absolute atomic E-state index is 0.0628. The monoisotopic (exact) mass is 491 g/mol. The molecular formula is C23H20F3N3O4S. The van der Waals surface area contributed by atoms with E-state index >= 15 is 0 Å². The van der Waals surface area contributed by atoms with Crippen LogP contribution >= 0.6 is 0 Å². The van der Waals surface area contributed by atoms with Crippen molar-refractivity contribution in [3.8, 4) is 11.5 Å². The van der Waals surface area contributed by atoms with Crippen LogP contribution in [-0.4, -0.2) is 32.9 Å². The zero-order valence-corrected chi connectivity index (χ0v) is 18.8. The third-order valence-electron chi connectivity index (χ3n) is 5.27. The Balaban J connectivity index is 1.53. The van der Waals surface area contributed by atoms with E-state index in [0.717, 1.165) is 17.7 Å². The Morgan fingerprint density at radius 3 is 2.62 bits per heavy atom. The van der Waals surface area contributed by atoms with E-state index in [9.17, 15) is 26.4 Å². The number of alkyl halides is 3. The number of amides is 1. The number of pyridine rings is 1. The highest BCUT2D eigenvalue weighted by Crippen LogP contribution is 2.36. The fourth-order valence-corrected chi connectivity index (χ4v) is 5.29. The highest BCUT2D eigenvalue weighted by Gasteiger charge is 2.33. The summed E-state index contributed by atoms with van der Waals surface area (Å²) in [5.41, 5.74) is 0.547. The fraction of sp³-hybridized carbons (Fsp3) is 0.217. The molecule has 0 aliphatic carbocycles. The van der Waals surface area contributed by atoms with Crippen LogP contribution in [0.15, 0.2) is 60.8 Å². The van der Waals surface area contributed by atoms with E-state index in [-0.39, 0.29) is 23.7 Å². The molecule has 34 heavy (non-hydrogen) atoms. The first-order valence-electron chi connectivity index (χ1n) is 10.2. The highest BCUT2D eigenvalue weighted by molar-refractivity contribution is 7.92. The molecule has 7 nitrogen and oxygen atoms in total. The molecular weight excluding hydrogens is 471 g/mol. The average Bonchev–Trinajstić information content (AvgIpc) is 3.22. The van der Waals surface area contributed by atoms with Crippen LogP contribution < -0.4 is 14.4 Å². The van der Waals surface area contributed by atoms with Crippen molar-refractivity contribution in [2.45, 2.75) is 18.3 Å². The number of halogens is 3. The van der Waals surface area contributed by atoms with Crippen LogP contribution in [0.2, 0.25) is 0 Å². The molecule has 178 valence electrons. The van der Waals surface area contributed by atoms with Crippen LogP contribution in [-0.2, 0) is 28.4 Å². The topological polar surface area (TPSA) is 88.6 Å². The number of carbonyl (C=O) groups is 1. The first kappa shape index (κ1) is 23.6. The van der Waals surface area contributed by atoms with Gasteiger partial charge >= 0.3 is 6.18 Å². The Kier molecular flexibility index (Phi) is 6.22. The minimum Gasteiger partial charge on any atom is -0.457 e. The summed E-state index contributed by atoms with van der Waals surface area (Å²) in [4.78, 5) is 15.7. The number of carbonyl (C=O) groups excluding carboxylic acids is 1. The first-order chi connectivity index (χ1) is 16.1. The molecule has 3 aromatic rings. The number of sulfonamides is 1. The molecule has 0 fully saturated rings. The molecule has 2 aromatic carbocycles. The van der Waals surface area contributed by atoms with Crippen LogP contribution in [0.4, 0.5) is 18.9 Å². The molecule has 0 saturated heterocycles. The van der Waals surface area contributed by atoms with E-state index in [2.05, 4.69) is 10.3 Å². The molecule has 0 spiro atoms. The molecule has 1 aromatic heterocycles. The number of rotatable bonds is 6. The molecule has 2 heterocycles. The maximum Gasteiger partial charge on any atom is 0.416 e. The lowest BCUT2D eigenvalue weighted by Gasteiger charge is -2.20. The van der Waals surface area contributed by atoms with Gasteiger partial charge in [0.15, 0.2) is 0 Å². The number of aromatic nitrogens is 1. The van der Waals surface area contributed by atoms with Crippen molar-refractivity contribution >= 4 is 21.6 Å². The third-order valence-corrected chi connectivity index (χ3v) is 7.02. The zero-order chi connectivity index (χ0) is 24.5. The summed E-state index contributed by atoms with van der Waals surface area (Å²) in [7, 11) is -2.42. The van der Waals surface area contributed by atoms with Crippen LogP contribution in [0.3, 0.4) is 0 Å². The maximum absolute atomic E-state index is 13.0. The van der Waals surface area contributed by atoms with Gasteiger partial charge in [0.25, 0.3) is 5.91 Å². The quantitative estimate of drug-likeness (QED) is 0.560. The molecule has 1 N–H and O–H groups in total. The molecule has 0 saturated carbocycles. The molecule has 0 bridgehead atoms. The SMILES string of the molecule is CNC(=O)c1cc(Oc2ccc3c(c2)CCN3S(=O)(=O)Cc2cccc(C(F)(F)F)c2)ccn1. The van der Waals surface area contributed by atoms with Gasteiger partial charge in [-0.15, -0.1) is 0 Å². The largest absolute Gasteiger partial charge is 0.457 e. The van der Waals surface area contributed by atoms with Crippen molar-refractivity contribution in [1.82, 2.24) is 10.3 Å². The van der Waals surface area contributed by atoms with Gasteiger partial charge in [0.1, 0.15) is 17.2 Å². The van der Waals surface area contributed by atoms with Crippen LogP contribution in [0, 0.1) is 0 Å². The molecule has 4 rings (SSSR count). The van der Waals surface area contributed by atoms with E-state index in [1.165, 1.54) is 35.7 Å². The third kappa shape index (κ3) is 4.98. The summed E-state index contributed by atoms with van der Waals surface area (Å²) in [6.07, 6.45) is -2.68. The van der Waals surface area contributed by atoms with Gasteiger partial charge in [-0.25, -0.2) is 8.42 Å². The number of ether oxygens (including phenoxy) is 1. The zero-order valence-electron chi connectivity index (χ0n) is 18.0. The summed E-state index contributed by atoms with van der Waals surface area (Å²) in [5.74, 6) is -0.0695. The second-order valence-corrected chi connectivity index (χ2v) is 9.52. The number of benzene rings is 2. The predicted octanol–water partition coefficient (Wildman–Crippen LogP) is 4.14. The molecule has 1 aliphatic heterocycles. The average molecular weight is 491 g/mol. The normalized spacial score (nSPS) is 13.5. The summed E-state index contributed by atoms with van der Waals surface area (Å²) in [6, 6.07) is 12.3. The second kappa shape index (κ2) is 8.98. The van der Waals surface area contributed by atoms with Gasteiger partial charge in [-0.2, -0.15) is 13.2 Å². The van der Waals surface area contributed by atoms with E-state index < -0.39 is 27.5 Å². The number of hydrogen-bond donors (Lipinski definition) is 1. The smallest absolute Gasteiger partial charge is 0.416 e. The number of fused-ring (bicyclic) bond motifs is 1. The molecule has 0 radical (unpaired) electrons. The van der Waals surface area contributed by atoms with Crippen molar-refractivity contribution in [2.24, 2.45) is 0 Å². The number of nitrogens with zero attached hydrogens (tertiary/aromatic N) is 2. The van der Waals surface area contributed by atoms with E-state index in [1.54, 1.807) is 24.3 Å². The predicted molar refractivity (Wildman–Crippen MR) is 119 cm³/mol. The molecule has 11 heteroatoms. The number of anilines is 1. The van der Waals surface area contributed by atoms with E-state index in [4.69, 9.17) is 4.74 Å². The van der Waals surface area contributed by atoms with Crippen LogP contribution in [0.1, 0.15) is 27.2 Å². The summed E-state index contributed by atoms with van der Waals surface area (Å²) < 4.78 is 72.0. The Morgan fingerprint density at radius 1 is 1.12 bits per heavy atom. The van der Waals surface area contributed by atoms with Crippen molar-refractivity contribution in [2.75, 3.05) is 17.9 Å². The maximum atomic E-state index is 13.0. The lowest BCUT2D eigenvalue weighted by molar-refractivity contribution is -0.137. The van der Waals surface area contributed by atoms with Crippen molar-refractivity contribution < 1.29 is 31.1 Å². The minimum atomic E-state index is -4.55. The van der Waals surface area contributed by atoms with Gasteiger partial charge in [0.05, 0.1) is 17.0 Å². The lowest BCUT2D eigenvalue weighted by Crippen LogP contribution is -2.30. The lowest BCUT2D eigenvalue weighted by atomic mass is 10.1. The molecule has 0 unspecified atom stereocenters. The van der Waals surface area contributed by atoms with Gasteiger partial charge in [-0.1, -0.05) is 18.2 Å². The molecule has 1 aliphatic rings. The molecule has 1 amide bonds. The summed E-state index contributed by atoms with van der Waals surface area (Å²) >= 11 is 0. The van der Waals surface area contributed by atoms with E-state index in [1.807, 2.05) is 0 Å². The van der Waals surface area contributed by atoms with Gasteiger partial charge in [-0.05, 0) is 47.9 Å². The first-order valence-corrected chi connectivity index (χ1v) is 11.8. The second-order valence-electron chi connectivity index (χ2n) is 7.62. The summed E-state index contributed by atoms with van der Waals surface area (Å²) in [5, 5.41) is 2.48. The van der Waals surface area contributed by atoms with Crippen molar-refractivity contribution in [3.63, 3.8) is 0 Å². The Bertz CT molecular complexity index is 1340. The Morgan fingerprint density at radius 2 is 1.88 bits per heavy atom. The van der Waals surface area contributed by atoms with Gasteiger partial charge in [-0.3, -0.25) is 14.1 Å². The standard InChI is InChI=1S/C23H20F3N3O4S/c1-27-22(30)20-13-19(7-9-28-20)33-18-5-6-21-16(12-18)8-10-29(21)34(31,32)14-15-3-2-4-17(11-15)23(24,25)26/h2-7,9,11-13H,8,10,14H2,1H3,(H,27,30). The van der Waals surface area contributed by atoms with Crippen LogP contribution in [0.25, 0.3) is 0 Å². The van der Waals surface area contributed by atoms with Crippen molar-refractivity contribution in [1.29, 1.82) is 0 Å². The van der Waals surface area contributed by atoms with Crippen LogP contribution in [0.5, 0.6) is 11.5 Å². The van der Waals surface area contributed by atoms with Crippen molar-refractivity contribution in [3.05, 3.63) is 83.2 Å². The van der Waals surface area contributed by atoms with Gasteiger partial charge in [0.2, 0.25) is 10.0 Å². The highest BCUT2D eigenvalue weighted by atomic mass is 32.2.